The minimum absolute atomic E-state index is 0.168. The Morgan fingerprint density at radius 1 is 1.10 bits per heavy atom. The highest BCUT2D eigenvalue weighted by molar-refractivity contribution is 7.19. The highest BCUT2D eigenvalue weighted by Crippen LogP contribution is 2.32. The Hall–Kier alpha value is -1.71. The van der Waals surface area contributed by atoms with Crippen molar-refractivity contribution in [3.63, 3.8) is 0 Å². The smallest absolute Gasteiger partial charge is 0.124 e. The van der Waals surface area contributed by atoms with Gasteiger partial charge in [-0.3, -0.25) is 0 Å². The van der Waals surface area contributed by atoms with Gasteiger partial charge < -0.3 is 5.32 Å². The molecule has 21 heavy (non-hydrogen) atoms. The van der Waals surface area contributed by atoms with E-state index in [9.17, 15) is 4.39 Å². The molecule has 0 bridgehead atoms. The molecule has 0 saturated heterocycles. The molecule has 1 unspecified atom stereocenters. The molecule has 0 amide bonds. The average Bonchev–Trinajstić information content (AvgIpc) is 2.91. The van der Waals surface area contributed by atoms with Gasteiger partial charge in [0.1, 0.15) is 5.82 Å². The van der Waals surface area contributed by atoms with Crippen molar-refractivity contribution in [2.24, 2.45) is 0 Å². The molecule has 108 valence electrons. The minimum atomic E-state index is -0.168. The zero-order valence-corrected chi connectivity index (χ0v) is 12.8. The Kier molecular flexibility index (Phi) is 4.32. The maximum Gasteiger partial charge on any atom is 0.124 e. The fourth-order valence-electron chi connectivity index (χ4n) is 2.57. The van der Waals surface area contributed by atoms with Crippen LogP contribution in [0.4, 0.5) is 4.39 Å². The summed E-state index contributed by atoms with van der Waals surface area (Å²) in [6.07, 6.45) is 0.948. The van der Waals surface area contributed by atoms with Crippen molar-refractivity contribution in [3.05, 3.63) is 70.9 Å². The Bertz CT molecular complexity index is 720. The van der Waals surface area contributed by atoms with E-state index in [0.717, 1.165) is 23.1 Å². The number of likely N-dealkylation sites (N-methyl/N-ethyl adjacent to an activating group) is 1. The van der Waals surface area contributed by atoms with Crippen LogP contribution in [0, 0.1) is 5.82 Å². The van der Waals surface area contributed by atoms with Gasteiger partial charge in [-0.2, -0.15) is 0 Å². The number of rotatable bonds is 5. The molecule has 0 radical (unpaired) electrons. The van der Waals surface area contributed by atoms with E-state index < -0.39 is 0 Å². The first-order valence-electron chi connectivity index (χ1n) is 7.22. The summed E-state index contributed by atoms with van der Waals surface area (Å²) >= 11 is 1.68. The molecule has 3 rings (SSSR count). The molecule has 0 aliphatic heterocycles. The first-order valence-corrected chi connectivity index (χ1v) is 8.04. The van der Waals surface area contributed by atoms with E-state index in [2.05, 4.69) is 42.6 Å². The molecule has 0 aliphatic carbocycles. The summed E-state index contributed by atoms with van der Waals surface area (Å²) in [5.41, 5.74) is 1.31. The average molecular weight is 299 g/mol. The van der Waals surface area contributed by atoms with Gasteiger partial charge in [-0.25, -0.2) is 4.39 Å². The topological polar surface area (TPSA) is 12.0 Å². The molecule has 1 heterocycles. The van der Waals surface area contributed by atoms with Gasteiger partial charge in [-0.05, 0) is 42.1 Å². The van der Waals surface area contributed by atoms with Crippen molar-refractivity contribution in [3.8, 4) is 0 Å². The molecule has 1 nitrogen and oxygen atoms in total. The Labute approximate surface area is 128 Å². The molecule has 0 fully saturated rings. The van der Waals surface area contributed by atoms with Crippen LogP contribution in [0.1, 0.15) is 23.4 Å². The van der Waals surface area contributed by atoms with Crippen molar-refractivity contribution >= 4 is 21.4 Å². The highest BCUT2D eigenvalue weighted by Gasteiger charge is 2.14. The maximum absolute atomic E-state index is 13.3. The number of nitrogens with one attached hydrogen (secondary N) is 1. The maximum atomic E-state index is 13.3. The monoisotopic (exact) mass is 299 g/mol. The van der Waals surface area contributed by atoms with Crippen LogP contribution >= 0.6 is 11.3 Å². The lowest BCUT2D eigenvalue weighted by Gasteiger charge is -2.16. The molecule has 1 N–H and O–H groups in total. The van der Waals surface area contributed by atoms with Crippen LogP contribution in [0.2, 0.25) is 0 Å². The first kappa shape index (κ1) is 14.2. The quantitative estimate of drug-likeness (QED) is 0.704. The molecule has 0 spiro atoms. The molecular weight excluding hydrogens is 281 g/mol. The SMILES string of the molecule is CCNC(Cc1ccccc1)c1cc2ccc(F)cc2s1. The van der Waals surface area contributed by atoms with Gasteiger partial charge in [-0.1, -0.05) is 43.3 Å². The fraction of sp³-hybridized carbons (Fsp3) is 0.222. The highest BCUT2D eigenvalue weighted by atomic mass is 32.1. The van der Waals surface area contributed by atoms with Crippen molar-refractivity contribution in [1.29, 1.82) is 0 Å². The zero-order valence-electron chi connectivity index (χ0n) is 12.0. The summed E-state index contributed by atoms with van der Waals surface area (Å²) in [6, 6.07) is 17.9. The second-order valence-corrected chi connectivity index (χ2v) is 6.25. The fourth-order valence-corrected chi connectivity index (χ4v) is 3.73. The van der Waals surface area contributed by atoms with Gasteiger partial charge in [-0.15, -0.1) is 11.3 Å². The molecule has 0 aliphatic rings. The van der Waals surface area contributed by atoms with E-state index in [0.29, 0.717) is 0 Å². The van der Waals surface area contributed by atoms with E-state index in [-0.39, 0.29) is 11.9 Å². The summed E-state index contributed by atoms with van der Waals surface area (Å²) in [6.45, 7) is 3.03. The van der Waals surface area contributed by atoms with Crippen molar-refractivity contribution in [1.82, 2.24) is 5.32 Å². The van der Waals surface area contributed by atoms with Crippen LogP contribution in [0.3, 0.4) is 0 Å². The predicted molar refractivity (Wildman–Crippen MR) is 88.3 cm³/mol. The molecule has 3 heteroatoms. The van der Waals surface area contributed by atoms with Crippen molar-refractivity contribution in [2.45, 2.75) is 19.4 Å². The third kappa shape index (κ3) is 3.31. The largest absolute Gasteiger partial charge is 0.309 e. The van der Waals surface area contributed by atoms with E-state index in [1.54, 1.807) is 17.4 Å². The Morgan fingerprint density at radius 2 is 1.90 bits per heavy atom. The number of benzene rings is 2. The van der Waals surface area contributed by atoms with Gasteiger partial charge in [0.25, 0.3) is 0 Å². The van der Waals surface area contributed by atoms with Gasteiger partial charge in [0.2, 0.25) is 0 Å². The summed E-state index contributed by atoms with van der Waals surface area (Å²) in [5.74, 6) is -0.168. The van der Waals surface area contributed by atoms with E-state index >= 15 is 0 Å². The summed E-state index contributed by atoms with van der Waals surface area (Å²) in [5, 5.41) is 4.66. The minimum Gasteiger partial charge on any atom is -0.309 e. The third-order valence-electron chi connectivity index (χ3n) is 3.58. The van der Waals surface area contributed by atoms with Crippen molar-refractivity contribution < 1.29 is 4.39 Å². The van der Waals surface area contributed by atoms with E-state index in [4.69, 9.17) is 0 Å². The van der Waals surface area contributed by atoms with Gasteiger partial charge in [0.15, 0.2) is 0 Å². The molecular formula is C18H18FNS. The van der Waals surface area contributed by atoms with Gasteiger partial charge in [0, 0.05) is 15.6 Å². The molecule has 1 aromatic heterocycles. The lowest BCUT2D eigenvalue weighted by molar-refractivity contribution is 0.558. The number of halogens is 1. The Morgan fingerprint density at radius 3 is 2.67 bits per heavy atom. The number of hydrogen-bond acceptors (Lipinski definition) is 2. The van der Waals surface area contributed by atoms with Gasteiger partial charge in [0.05, 0.1) is 0 Å². The van der Waals surface area contributed by atoms with Crippen LogP contribution in [-0.2, 0) is 6.42 Å². The van der Waals surface area contributed by atoms with Crippen molar-refractivity contribution in [2.75, 3.05) is 6.54 Å². The van der Waals surface area contributed by atoms with Crippen LogP contribution in [0.5, 0.6) is 0 Å². The summed E-state index contributed by atoms with van der Waals surface area (Å²) in [4.78, 5) is 1.27. The number of fused-ring (bicyclic) bond motifs is 1. The summed E-state index contributed by atoms with van der Waals surface area (Å²) in [7, 11) is 0. The van der Waals surface area contributed by atoms with Crippen LogP contribution in [0.15, 0.2) is 54.6 Å². The Balaban J connectivity index is 1.91. The lowest BCUT2D eigenvalue weighted by atomic mass is 10.0. The normalized spacial score (nSPS) is 12.7. The van der Waals surface area contributed by atoms with Crippen LogP contribution in [-0.4, -0.2) is 6.54 Å². The second-order valence-electron chi connectivity index (χ2n) is 5.13. The second kappa shape index (κ2) is 6.37. The van der Waals surface area contributed by atoms with Gasteiger partial charge >= 0.3 is 0 Å². The summed E-state index contributed by atoms with van der Waals surface area (Å²) < 4.78 is 14.3. The molecule has 0 saturated carbocycles. The number of thiophene rings is 1. The third-order valence-corrected chi connectivity index (χ3v) is 4.79. The lowest BCUT2D eigenvalue weighted by Crippen LogP contribution is -2.22. The molecule has 1 atom stereocenters. The molecule has 2 aromatic carbocycles. The standard InChI is InChI=1S/C18H18FNS/c1-2-20-16(10-13-6-4-3-5-7-13)18-11-14-8-9-15(19)12-17(14)21-18/h3-9,11-12,16,20H,2,10H2,1H3. The number of hydrogen-bond donors (Lipinski definition) is 1. The van der Waals surface area contributed by atoms with Crippen LogP contribution in [0.25, 0.3) is 10.1 Å². The molecule has 3 aromatic rings. The first-order chi connectivity index (χ1) is 10.3. The van der Waals surface area contributed by atoms with E-state index in [1.807, 2.05) is 12.1 Å². The van der Waals surface area contributed by atoms with Crippen LogP contribution < -0.4 is 5.32 Å². The zero-order chi connectivity index (χ0) is 14.7. The van der Waals surface area contributed by atoms with E-state index in [1.165, 1.54) is 16.5 Å². The predicted octanol–water partition coefficient (Wildman–Crippen LogP) is 4.93.